The molecule has 0 heterocycles. The van der Waals surface area contributed by atoms with Crippen molar-refractivity contribution in [2.24, 2.45) is 32.5 Å². The number of fused-ring (bicyclic) bond motifs is 4. The van der Waals surface area contributed by atoms with Gasteiger partial charge in [-0.2, -0.15) is 0 Å². The molecule has 0 radical (unpaired) electrons. The fourth-order valence-corrected chi connectivity index (χ4v) is 7.61. The van der Waals surface area contributed by atoms with Crippen molar-refractivity contribution in [1.82, 2.24) is 10.9 Å². The van der Waals surface area contributed by atoms with Crippen LogP contribution in [0.1, 0.15) is 80.1 Å². The zero-order valence-corrected chi connectivity index (χ0v) is 18.1. The summed E-state index contributed by atoms with van der Waals surface area (Å²) >= 11 is 0. The van der Waals surface area contributed by atoms with Gasteiger partial charge in [-0.15, -0.1) is 0 Å². The van der Waals surface area contributed by atoms with Gasteiger partial charge in [0.15, 0.2) is 0 Å². The molecule has 6 heteroatoms. The number of hydrazine groups is 1. The van der Waals surface area contributed by atoms with Crippen molar-refractivity contribution in [3.05, 3.63) is 0 Å². The van der Waals surface area contributed by atoms with Crippen LogP contribution < -0.4 is 10.9 Å². The predicted octanol–water partition coefficient (Wildman–Crippen LogP) is 2.29. The van der Waals surface area contributed by atoms with Gasteiger partial charge in [-0.1, -0.05) is 41.5 Å². The molecule has 4 bridgehead atoms. The summed E-state index contributed by atoms with van der Waals surface area (Å²) in [6, 6.07) is 0. The largest absolute Gasteiger partial charge is 0.393 e. The zero-order valence-electron chi connectivity index (χ0n) is 18.1. The summed E-state index contributed by atoms with van der Waals surface area (Å²) in [7, 11) is 0. The van der Waals surface area contributed by atoms with Gasteiger partial charge in [0.25, 0.3) is 0 Å². The highest BCUT2D eigenvalue weighted by Crippen LogP contribution is 2.73. The van der Waals surface area contributed by atoms with Crippen LogP contribution in [0.5, 0.6) is 0 Å². The number of carbonyl (C=O) groups is 2. The highest BCUT2D eigenvalue weighted by Gasteiger charge is 2.73. The van der Waals surface area contributed by atoms with Crippen molar-refractivity contribution in [1.29, 1.82) is 0 Å². The maximum absolute atomic E-state index is 13.3. The average molecular weight is 393 g/mol. The molecule has 4 aliphatic carbocycles. The third-order valence-electron chi connectivity index (χ3n) is 11.1. The molecule has 0 aromatic rings. The lowest BCUT2D eigenvalue weighted by Crippen LogP contribution is -2.56. The average Bonchev–Trinajstić information content (AvgIpc) is 3.07. The van der Waals surface area contributed by atoms with E-state index < -0.39 is 23.0 Å². The molecule has 158 valence electrons. The second-order valence-electron chi connectivity index (χ2n) is 11.6. The Balaban J connectivity index is 1.52. The molecule has 6 atom stereocenters. The number of carbonyl (C=O) groups excluding carboxylic acids is 2. The van der Waals surface area contributed by atoms with E-state index in [0.29, 0.717) is 12.8 Å². The third-order valence-corrected chi connectivity index (χ3v) is 11.1. The van der Waals surface area contributed by atoms with Crippen LogP contribution in [-0.2, 0) is 9.59 Å². The van der Waals surface area contributed by atoms with Crippen molar-refractivity contribution in [2.45, 2.75) is 92.3 Å². The van der Waals surface area contributed by atoms with Crippen LogP contribution in [0.2, 0.25) is 0 Å². The lowest BCUT2D eigenvalue weighted by molar-refractivity contribution is -0.145. The minimum atomic E-state index is -0.666. The minimum absolute atomic E-state index is 0.195. The molecule has 0 unspecified atom stereocenters. The van der Waals surface area contributed by atoms with E-state index in [1.54, 1.807) is 0 Å². The molecule has 4 saturated carbocycles. The first-order chi connectivity index (χ1) is 12.7. The summed E-state index contributed by atoms with van der Waals surface area (Å²) in [5, 5.41) is 21.2. The topological polar surface area (TPSA) is 98.7 Å². The summed E-state index contributed by atoms with van der Waals surface area (Å²) in [4.78, 5) is 26.5. The number of nitrogens with one attached hydrogen (secondary N) is 2. The van der Waals surface area contributed by atoms with Crippen molar-refractivity contribution >= 4 is 11.8 Å². The minimum Gasteiger partial charge on any atom is -0.393 e. The van der Waals surface area contributed by atoms with E-state index in [4.69, 9.17) is 0 Å². The lowest BCUT2D eigenvalue weighted by atomic mass is 9.64. The van der Waals surface area contributed by atoms with Crippen LogP contribution in [0.3, 0.4) is 0 Å². The van der Waals surface area contributed by atoms with Crippen LogP contribution in [-0.4, -0.2) is 34.2 Å². The van der Waals surface area contributed by atoms with E-state index in [2.05, 4.69) is 52.4 Å². The van der Waals surface area contributed by atoms with Gasteiger partial charge in [0, 0.05) is 0 Å². The van der Waals surface area contributed by atoms with Gasteiger partial charge in [-0.3, -0.25) is 20.4 Å². The first-order valence-corrected chi connectivity index (χ1v) is 10.7. The lowest BCUT2D eigenvalue weighted by Gasteiger charge is -2.41. The molecule has 6 nitrogen and oxygen atoms in total. The standard InChI is InChI=1S/C22H36N2O4/c1-17(2)19(5)7-9-21(17,11-13(19)25)15(27)23-24-16(28)22-10-8-20(6,14(26)12-22)18(22,3)4/h13-14,25-26H,7-12H2,1-6H3,(H,23,27)(H,24,28)/t13-,14-,19-,20+,21-,22-/m1/s1. The Morgan fingerprint density at radius 1 is 0.679 bits per heavy atom. The Morgan fingerprint density at radius 3 is 1.21 bits per heavy atom. The molecule has 0 saturated heterocycles. The number of hydrogen-bond acceptors (Lipinski definition) is 4. The van der Waals surface area contributed by atoms with E-state index in [1.165, 1.54) is 0 Å². The highest BCUT2D eigenvalue weighted by atomic mass is 16.3. The Morgan fingerprint density at radius 2 is 1.00 bits per heavy atom. The number of amides is 2. The van der Waals surface area contributed by atoms with Crippen LogP contribution in [0.4, 0.5) is 0 Å². The van der Waals surface area contributed by atoms with E-state index in [1.807, 2.05) is 0 Å². The maximum atomic E-state index is 13.3. The quantitative estimate of drug-likeness (QED) is 0.542. The zero-order chi connectivity index (χ0) is 21.0. The van der Waals surface area contributed by atoms with Crippen LogP contribution >= 0.6 is 0 Å². The third kappa shape index (κ3) is 1.83. The number of hydrogen-bond donors (Lipinski definition) is 4. The summed E-state index contributed by atoms with van der Waals surface area (Å²) in [5.41, 5.74) is 2.87. The Bertz CT molecular complexity index is 687. The monoisotopic (exact) mass is 392 g/mol. The SMILES string of the molecule is CC1(C)[C@]2(C(=O)NNC(=O)[C@@]34CC[C@](C)([C@H](O)C3)C4(C)C)CC[C@@]1(C)[C@H](O)C2. The molecule has 0 aromatic carbocycles. The molecule has 0 aliphatic heterocycles. The maximum Gasteiger partial charge on any atom is 0.245 e. The fraction of sp³-hybridized carbons (Fsp3) is 0.909. The molecule has 28 heavy (non-hydrogen) atoms. The fourth-order valence-electron chi connectivity index (χ4n) is 7.61. The predicted molar refractivity (Wildman–Crippen MR) is 105 cm³/mol. The molecule has 4 rings (SSSR count). The van der Waals surface area contributed by atoms with E-state index in [0.717, 1.165) is 25.7 Å². The molecule has 0 spiro atoms. The molecule has 4 N–H and O–H groups in total. The second kappa shape index (κ2) is 5.31. The molecular weight excluding hydrogens is 356 g/mol. The Kier molecular flexibility index (Phi) is 3.82. The summed E-state index contributed by atoms with van der Waals surface area (Å²) in [5.74, 6) is -0.390. The van der Waals surface area contributed by atoms with Gasteiger partial charge in [0.05, 0.1) is 23.0 Å². The van der Waals surface area contributed by atoms with E-state index >= 15 is 0 Å². The Hall–Kier alpha value is -1.14. The van der Waals surface area contributed by atoms with Crippen LogP contribution in [0.25, 0.3) is 0 Å². The van der Waals surface area contributed by atoms with E-state index in [9.17, 15) is 19.8 Å². The van der Waals surface area contributed by atoms with Crippen LogP contribution in [0.15, 0.2) is 0 Å². The molecule has 0 aromatic heterocycles. The highest BCUT2D eigenvalue weighted by molar-refractivity contribution is 5.90. The first-order valence-electron chi connectivity index (χ1n) is 10.7. The smallest absolute Gasteiger partial charge is 0.245 e. The van der Waals surface area contributed by atoms with Crippen molar-refractivity contribution in [3.63, 3.8) is 0 Å². The van der Waals surface area contributed by atoms with Crippen LogP contribution in [0, 0.1) is 32.5 Å². The number of aliphatic hydroxyl groups excluding tert-OH is 2. The summed E-state index contributed by atoms with van der Waals surface area (Å²) < 4.78 is 0. The molecular formula is C22H36N2O4. The van der Waals surface area contributed by atoms with Crippen molar-refractivity contribution < 1.29 is 19.8 Å². The van der Waals surface area contributed by atoms with Gasteiger partial charge < -0.3 is 10.2 Å². The second-order valence-corrected chi connectivity index (χ2v) is 11.6. The van der Waals surface area contributed by atoms with Gasteiger partial charge in [-0.25, -0.2) is 0 Å². The van der Waals surface area contributed by atoms with Gasteiger partial charge in [0.1, 0.15) is 0 Å². The first kappa shape index (κ1) is 20.1. The van der Waals surface area contributed by atoms with Crippen molar-refractivity contribution in [3.8, 4) is 0 Å². The Labute approximate surface area is 167 Å². The number of aliphatic hydroxyl groups is 2. The summed E-state index contributed by atoms with van der Waals surface area (Å²) in [6.07, 6.45) is 2.93. The molecule has 4 fully saturated rings. The van der Waals surface area contributed by atoms with Gasteiger partial charge in [0.2, 0.25) is 11.8 Å². The van der Waals surface area contributed by atoms with E-state index in [-0.39, 0.29) is 33.5 Å². The number of rotatable bonds is 2. The summed E-state index contributed by atoms with van der Waals surface area (Å²) in [6.45, 7) is 12.4. The van der Waals surface area contributed by atoms with Crippen molar-refractivity contribution in [2.75, 3.05) is 0 Å². The molecule has 4 aliphatic rings. The van der Waals surface area contributed by atoms with Gasteiger partial charge in [-0.05, 0) is 60.2 Å². The van der Waals surface area contributed by atoms with Gasteiger partial charge >= 0.3 is 0 Å². The molecule has 2 amide bonds. The normalized spacial score (nSPS) is 50.0.